The number of amides is 1. The Balaban J connectivity index is 2.22. The Morgan fingerprint density at radius 2 is 2.47 bits per heavy atom. The van der Waals surface area contributed by atoms with Crippen molar-refractivity contribution in [2.24, 2.45) is 0 Å². The minimum Gasteiger partial charge on any atom is -0.452 e. The third-order valence-electron chi connectivity index (χ3n) is 1.82. The highest BCUT2D eigenvalue weighted by Gasteiger charge is 2.11. The first-order valence-electron chi connectivity index (χ1n) is 4.84. The molecule has 0 spiro atoms. The number of hydrogen-bond acceptors (Lipinski definition) is 3. The lowest BCUT2D eigenvalue weighted by Gasteiger charge is -2.03. The standard InChI is InChI=1S/C10H14ClNO3/c1-2-14-6-3-5-12-10(13)8-4-7-15-9(8)11/h4,7H,2-3,5-6H2,1H3,(H,12,13). The summed E-state index contributed by atoms with van der Waals surface area (Å²) in [7, 11) is 0. The first-order chi connectivity index (χ1) is 7.25. The van der Waals surface area contributed by atoms with E-state index >= 15 is 0 Å². The second-order valence-electron chi connectivity index (χ2n) is 2.91. The smallest absolute Gasteiger partial charge is 0.256 e. The molecule has 0 radical (unpaired) electrons. The summed E-state index contributed by atoms with van der Waals surface area (Å²) in [5.41, 5.74) is 0.369. The highest BCUT2D eigenvalue weighted by Crippen LogP contribution is 2.15. The molecule has 1 rings (SSSR count). The lowest BCUT2D eigenvalue weighted by atomic mass is 10.3. The van der Waals surface area contributed by atoms with Crippen LogP contribution in [0.1, 0.15) is 23.7 Å². The van der Waals surface area contributed by atoms with E-state index in [1.54, 1.807) is 6.07 Å². The molecule has 0 aliphatic rings. The van der Waals surface area contributed by atoms with E-state index in [-0.39, 0.29) is 11.1 Å². The highest BCUT2D eigenvalue weighted by molar-refractivity contribution is 6.32. The van der Waals surface area contributed by atoms with Crippen molar-refractivity contribution in [3.05, 3.63) is 23.1 Å². The minimum absolute atomic E-state index is 0.123. The zero-order valence-electron chi connectivity index (χ0n) is 8.59. The van der Waals surface area contributed by atoms with Gasteiger partial charge in [0, 0.05) is 19.8 Å². The number of halogens is 1. The molecule has 1 amide bonds. The van der Waals surface area contributed by atoms with Gasteiger partial charge >= 0.3 is 0 Å². The van der Waals surface area contributed by atoms with E-state index in [1.165, 1.54) is 6.26 Å². The molecule has 1 N–H and O–H groups in total. The quantitative estimate of drug-likeness (QED) is 0.763. The predicted molar refractivity (Wildman–Crippen MR) is 57.2 cm³/mol. The summed E-state index contributed by atoms with van der Waals surface area (Å²) < 4.78 is 9.94. The first-order valence-corrected chi connectivity index (χ1v) is 5.22. The van der Waals surface area contributed by atoms with Crippen molar-refractivity contribution in [1.29, 1.82) is 0 Å². The van der Waals surface area contributed by atoms with Crippen LogP contribution in [-0.4, -0.2) is 25.7 Å². The van der Waals surface area contributed by atoms with Gasteiger partial charge in [0.2, 0.25) is 5.22 Å². The molecule has 15 heavy (non-hydrogen) atoms. The van der Waals surface area contributed by atoms with Gasteiger partial charge in [-0.3, -0.25) is 4.79 Å². The number of rotatable bonds is 6. The largest absolute Gasteiger partial charge is 0.452 e. The van der Waals surface area contributed by atoms with E-state index < -0.39 is 0 Å². The first kappa shape index (κ1) is 12.1. The molecule has 1 aromatic heterocycles. The molecule has 5 heteroatoms. The number of ether oxygens (including phenoxy) is 1. The van der Waals surface area contributed by atoms with E-state index in [4.69, 9.17) is 20.8 Å². The third-order valence-corrected chi connectivity index (χ3v) is 2.11. The minimum atomic E-state index is -0.217. The molecule has 4 nitrogen and oxygen atoms in total. The van der Waals surface area contributed by atoms with Crippen LogP contribution in [0.25, 0.3) is 0 Å². The number of carbonyl (C=O) groups excluding carboxylic acids is 1. The molecule has 0 aromatic carbocycles. The summed E-state index contributed by atoms with van der Waals surface area (Å²) in [5.74, 6) is -0.217. The lowest BCUT2D eigenvalue weighted by Crippen LogP contribution is -2.25. The van der Waals surface area contributed by atoms with Crippen molar-refractivity contribution in [2.45, 2.75) is 13.3 Å². The maximum Gasteiger partial charge on any atom is 0.256 e. The van der Waals surface area contributed by atoms with Crippen molar-refractivity contribution < 1.29 is 13.9 Å². The maximum atomic E-state index is 11.5. The van der Waals surface area contributed by atoms with E-state index in [0.717, 1.165) is 6.42 Å². The fourth-order valence-electron chi connectivity index (χ4n) is 1.07. The molecular weight excluding hydrogens is 218 g/mol. The second-order valence-corrected chi connectivity index (χ2v) is 3.26. The van der Waals surface area contributed by atoms with Gasteiger partial charge in [0.05, 0.1) is 11.8 Å². The average molecular weight is 232 g/mol. The Morgan fingerprint density at radius 3 is 3.07 bits per heavy atom. The molecular formula is C10H14ClNO3. The third kappa shape index (κ3) is 3.93. The predicted octanol–water partition coefficient (Wildman–Crippen LogP) is 2.09. The number of hydrogen-bond donors (Lipinski definition) is 1. The molecule has 0 aliphatic heterocycles. The van der Waals surface area contributed by atoms with Gasteiger partial charge in [-0.2, -0.15) is 0 Å². The normalized spacial score (nSPS) is 10.3. The molecule has 0 saturated heterocycles. The summed E-state index contributed by atoms with van der Waals surface area (Å²) in [6.45, 7) is 3.85. The molecule has 84 valence electrons. The van der Waals surface area contributed by atoms with Crippen molar-refractivity contribution in [3.63, 3.8) is 0 Å². The van der Waals surface area contributed by atoms with Crippen LogP contribution in [0.15, 0.2) is 16.7 Å². The van der Waals surface area contributed by atoms with Crippen molar-refractivity contribution in [3.8, 4) is 0 Å². The van der Waals surface area contributed by atoms with Crippen LogP contribution in [0.2, 0.25) is 5.22 Å². The summed E-state index contributed by atoms with van der Waals surface area (Å²) in [6, 6.07) is 1.54. The van der Waals surface area contributed by atoms with Gasteiger partial charge in [-0.25, -0.2) is 0 Å². The van der Waals surface area contributed by atoms with Gasteiger partial charge in [-0.05, 0) is 31.0 Å². The zero-order valence-corrected chi connectivity index (χ0v) is 9.34. The summed E-state index contributed by atoms with van der Waals surface area (Å²) in [5, 5.41) is 2.84. The summed E-state index contributed by atoms with van der Waals surface area (Å²) in [4.78, 5) is 11.5. The Hall–Kier alpha value is -1.00. The Bertz CT molecular complexity index is 311. The van der Waals surface area contributed by atoms with Crippen molar-refractivity contribution >= 4 is 17.5 Å². The topological polar surface area (TPSA) is 51.5 Å². The van der Waals surface area contributed by atoms with Crippen LogP contribution in [0.4, 0.5) is 0 Å². The van der Waals surface area contributed by atoms with Crippen LogP contribution < -0.4 is 5.32 Å². The van der Waals surface area contributed by atoms with Crippen molar-refractivity contribution in [2.75, 3.05) is 19.8 Å². The molecule has 0 bridgehead atoms. The molecule has 0 atom stereocenters. The van der Waals surface area contributed by atoms with Crippen LogP contribution in [0.3, 0.4) is 0 Å². The monoisotopic (exact) mass is 231 g/mol. The summed E-state index contributed by atoms with van der Waals surface area (Å²) >= 11 is 5.65. The molecule has 0 fully saturated rings. The molecule has 1 aromatic rings. The number of carbonyl (C=O) groups is 1. The van der Waals surface area contributed by atoms with Gasteiger partial charge in [0.25, 0.3) is 5.91 Å². The Kier molecular flexibility index (Phi) is 5.21. The lowest BCUT2D eigenvalue weighted by molar-refractivity contribution is 0.0944. The zero-order chi connectivity index (χ0) is 11.1. The van der Waals surface area contributed by atoms with Gasteiger partial charge in [0.1, 0.15) is 0 Å². The number of nitrogens with one attached hydrogen (secondary N) is 1. The van der Waals surface area contributed by atoms with Gasteiger partial charge in [-0.15, -0.1) is 0 Å². The Morgan fingerprint density at radius 1 is 1.67 bits per heavy atom. The van der Waals surface area contributed by atoms with E-state index in [9.17, 15) is 4.79 Å². The van der Waals surface area contributed by atoms with E-state index in [1.807, 2.05) is 6.92 Å². The van der Waals surface area contributed by atoms with Gasteiger partial charge < -0.3 is 14.5 Å². The summed E-state index contributed by atoms with van der Waals surface area (Å²) in [6.07, 6.45) is 2.17. The van der Waals surface area contributed by atoms with Gasteiger partial charge in [-0.1, -0.05) is 0 Å². The van der Waals surface area contributed by atoms with Crippen LogP contribution in [-0.2, 0) is 4.74 Å². The second kappa shape index (κ2) is 6.48. The van der Waals surface area contributed by atoms with Gasteiger partial charge in [0.15, 0.2) is 0 Å². The van der Waals surface area contributed by atoms with E-state index in [0.29, 0.717) is 25.3 Å². The Labute approximate surface area is 93.5 Å². The fraction of sp³-hybridized carbons (Fsp3) is 0.500. The van der Waals surface area contributed by atoms with E-state index in [2.05, 4.69) is 5.32 Å². The van der Waals surface area contributed by atoms with Crippen LogP contribution in [0.5, 0.6) is 0 Å². The average Bonchev–Trinajstić information content (AvgIpc) is 2.64. The molecule has 0 aliphatic carbocycles. The molecule has 0 saturated carbocycles. The SMILES string of the molecule is CCOCCCNC(=O)c1ccoc1Cl. The highest BCUT2D eigenvalue weighted by atomic mass is 35.5. The number of furan rings is 1. The van der Waals surface area contributed by atoms with Crippen LogP contribution >= 0.6 is 11.6 Å². The molecule has 0 unspecified atom stereocenters. The fourth-order valence-corrected chi connectivity index (χ4v) is 1.27. The molecule has 1 heterocycles. The van der Waals surface area contributed by atoms with Crippen molar-refractivity contribution in [1.82, 2.24) is 5.32 Å². The van der Waals surface area contributed by atoms with Crippen LogP contribution in [0, 0.1) is 0 Å². The maximum absolute atomic E-state index is 11.5.